The molecule has 2 N–H and O–H groups in total. The quantitative estimate of drug-likeness (QED) is 0.0833. The first-order valence-electron chi connectivity index (χ1n) is 21.0. The molecule has 0 spiro atoms. The Morgan fingerprint density at radius 3 is 1.88 bits per heavy atom. The van der Waals surface area contributed by atoms with Crippen molar-refractivity contribution < 1.29 is 52.4 Å². The van der Waals surface area contributed by atoms with Crippen LogP contribution in [0.3, 0.4) is 0 Å². The second-order valence-corrected chi connectivity index (χ2v) is 27.1. The lowest BCUT2D eigenvalue weighted by Gasteiger charge is -2.70. The Labute approximate surface area is 336 Å². The van der Waals surface area contributed by atoms with E-state index in [9.17, 15) is 24.6 Å². The van der Waals surface area contributed by atoms with Gasteiger partial charge in [0.05, 0.1) is 30.3 Å². The fraction of sp³-hybridized carbons (Fsp3) is 0.744. The maximum atomic E-state index is 14.5. The minimum atomic E-state index is -2.45. The second kappa shape index (κ2) is 16.3. The number of aliphatic hydroxyl groups is 2. The van der Waals surface area contributed by atoms with E-state index in [2.05, 4.69) is 41.5 Å². The molecule has 5 rings (SSSR count). The molecule has 0 aromatic heterocycles. The van der Waals surface area contributed by atoms with E-state index in [1.165, 1.54) is 13.8 Å². The third-order valence-corrected chi connectivity index (χ3v) is 24.3. The lowest BCUT2D eigenvalue weighted by atomic mass is 9.44. The number of rotatable bonds is 14. The molecule has 314 valence electrons. The van der Waals surface area contributed by atoms with Gasteiger partial charge in [-0.2, -0.15) is 0 Å². The largest absolute Gasteiger partial charge is 0.455 e. The summed E-state index contributed by atoms with van der Waals surface area (Å²) in [4.78, 5) is 41.0. The van der Waals surface area contributed by atoms with Crippen molar-refractivity contribution in [1.82, 2.24) is 0 Å². The number of carbonyl (C=O) groups is 3. The molecule has 1 heterocycles. The van der Waals surface area contributed by atoms with Crippen molar-refractivity contribution in [2.75, 3.05) is 6.61 Å². The molecule has 1 aliphatic heterocycles. The van der Waals surface area contributed by atoms with Gasteiger partial charge in [-0.3, -0.25) is 9.59 Å². The Bertz CT molecular complexity index is 1620. The number of hydrogen-bond donors (Lipinski definition) is 2. The van der Waals surface area contributed by atoms with Crippen molar-refractivity contribution in [3.8, 4) is 0 Å². The average molecular weight is 817 g/mol. The third-order valence-electron chi connectivity index (χ3n) is 15.0. The summed E-state index contributed by atoms with van der Waals surface area (Å²) in [6.07, 6.45) is -5.88. The molecule has 2 saturated carbocycles. The Morgan fingerprint density at radius 2 is 1.39 bits per heavy atom. The zero-order chi connectivity index (χ0) is 41.6. The minimum Gasteiger partial charge on any atom is -0.455 e. The van der Waals surface area contributed by atoms with Gasteiger partial charge in [0.2, 0.25) is 0 Å². The van der Waals surface area contributed by atoms with Crippen LogP contribution in [0.1, 0.15) is 106 Å². The highest BCUT2D eigenvalue weighted by atomic mass is 28.4. The van der Waals surface area contributed by atoms with Crippen molar-refractivity contribution >= 4 is 34.5 Å². The van der Waals surface area contributed by atoms with Gasteiger partial charge in [0.1, 0.15) is 23.9 Å². The summed E-state index contributed by atoms with van der Waals surface area (Å²) in [6.45, 7) is 22.9. The molecule has 11 nitrogen and oxygen atoms in total. The zero-order valence-electron chi connectivity index (χ0n) is 35.9. The van der Waals surface area contributed by atoms with Gasteiger partial charge in [0.15, 0.2) is 28.3 Å². The van der Waals surface area contributed by atoms with Crippen LogP contribution in [0.15, 0.2) is 41.5 Å². The fourth-order valence-corrected chi connectivity index (χ4v) is 16.8. The molecule has 10 atom stereocenters. The number of aliphatic hydroxyl groups excluding tert-OH is 1. The summed E-state index contributed by atoms with van der Waals surface area (Å²) < 4.78 is 40.4. The van der Waals surface area contributed by atoms with Crippen molar-refractivity contribution in [3.63, 3.8) is 0 Å². The second-order valence-electron chi connectivity index (χ2n) is 17.6. The van der Waals surface area contributed by atoms with Crippen molar-refractivity contribution in [3.05, 3.63) is 47.0 Å². The van der Waals surface area contributed by atoms with Gasteiger partial charge in [0.25, 0.3) is 0 Å². The standard InChI is InChI=1S/C43H68O11Si2/c1-13-55(14-2,15-3)53-31-25-43(48)38(51-39(47)30-22-20-19-21-23-30)36-41(12,37(46)35(50-28(8)44)34(27(31)7)40(43,10)11)32(54-56(16-4,17-5)18-6)24-33-42(36,26-49-33)52-29(9)45/h19-23,31-33,35-38,46,48H,13-18,24-26H2,1-12H3/t31?,32?,33?,35-,36-,37-,38-,41+,42-,43+/m0/s1. The molecule has 0 radical (unpaired) electrons. The normalized spacial score (nSPS) is 35.2. The highest BCUT2D eigenvalue weighted by molar-refractivity contribution is 6.74. The van der Waals surface area contributed by atoms with E-state index >= 15 is 0 Å². The van der Waals surface area contributed by atoms with Crippen LogP contribution in [-0.4, -0.2) is 99.2 Å². The van der Waals surface area contributed by atoms with Gasteiger partial charge in [-0.1, -0.05) is 80.5 Å². The number of carbonyl (C=O) groups excluding carboxylic acids is 3. The minimum absolute atomic E-state index is 0.0387. The molecule has 3 unspecified atom stereocenters. The maximum Gasteiger partial charge on any atom is 0.338 e. The van der Waals surface area contributed by atoms with Crippen molar-refractivity contribution in [2.24, 2.45) is 16.7 Å². The molecule has 56 heavy (non-hydrogen) atoms. The SMILES string of the molecule is CC[Si](CC)(CC)OC1C[C@@]2(O)[C@@H](OC(=O)c3ccccc3)[C@H]3[C@@](C)(C(O[Si](CC)(CC)CC)CC4OC[C@]43OC(C)=O)[C@@H](O)[C@@H](OC(C)=O)C(=C1C)C2(C)C. The highest BCUT2D eigenvalue weighted by Crippen LogP contribution is 2.66. The van der Waals surface area contributed by atoms with Gasteiger partial charge in [-0.25, -0.2) is 4.79 Å². The molecule has 3 aliphatic carbocycles. The molecule has 2 bridgehead atoms. The lowest BCUT2D eigenvalue weighted by Crippen LogP contribution is -2.83. The van der Waals surface area contributed by atoms with Gasteiger partial charge < -0.3 is 38.0 Å². The van der Waals surface area contributed by atoms with Crippen molar-refractivity contribution in [2.45, 2.75) is 180 Å². The molecule has 13 heteroatoms. The van der Waals surface area contributed by atoms with Crippen LogP contribution in [0.4, 0.5) is 0 Å². The maximum absolute atomic E-state index is 14.5. The zero-order valence-corrected chi connectivity index (χ0v) is 37.9. The van der Waals surface area contributed by atoms with Crippen LogP contribution >= 0.6 is 0 Å². The molecular formula is C43H68O11Si2. The summed E-state index contributed by atoms with van der Waals surface area (Å²) in [5.41, 5.74) is -4.49. The van der Waals surface area contributed by atoms with Crippen molar-refractivity contribution in [1.29, 1.82) is 0 Å². The predicted molar refractivity (Wildman–Crippen MR) is 218 cm³/mol. The summed E-state index contributed by atoms with van der Waals surface area (Å²) in [5, 5.41) is 27.4. The van der Waals surface area contributed by atoms with E-state index < -0.39 is 99.1 Å². The Morgan fingerprint density at radius 1 is 0.839 bits per heavy atom. The summed E-state index contributed by atoms with van der Waals surface area (Å²) in [7, 11) is -4.81. The van der Waals surface area contributed by atoms with Crippen LogP contribution in [0.25, 0.3) is 0 Å². The Kier molecular flexibility index (Phi) is 13.0. The first-order chi connectivity index (χ1) is 26.3. The predicted octanol–water partition coefficient (Wildman–Crippen LogP) is 7.50. The van der Waals surface area contributed by atoms with E-state index in [1.54, 1.807) is 30.3 Å². The molecular weight excluding hydrogens is 749 g/mol. The number of fused-ring (bicyclic) bond motifs is 5. The molecule has 3 fully saturated rings. The van der Waals surface area contributed by atoms with Gasteiger partial charge in [-0.15, -0.1) is 0 Å². The molecule has 1 aromatic carbocycles. The number of esters is 3. The topological polar surface area (TPSA) is 147 Å². The number of ether oxygens (including phenoxy) is 4. The molecule has 1 aromatic rings. The van der Waals surface area contributed by atoms with Crippen LogP contribution in [0.2, 0.25) is 36.3 Å². The van der Waals surface area contributed by atoms with Gasteiger partial charge >= 0.3 is 17.9 Å². The summed E-state index contributed by atoms with van der Waals surface area (Å²) in [5.74, 6) is -2.94. The van der Waals surface area contributed by atoms with Crippen LogP contribution < -0.4 is 0 Å². The molecule has 1 saturated heterocycles. The van der Waals surface area contributed by atoms with Crippen LogP contribution in [-0.2, 0) is 37.4 Å². The van der Waals surface area contributed by atoms with Crippen LogP contribution in [0, 0.1) is 16.7 Å². The monoisotopic (exact) mass is 816 g/mol. The van der Waals surface area contributed by atoms with E-state index in [0.717, 1.165) is 41.8 Å². The molecule has 4 aliphatic rings. The number of benzene rings is 1. The van der Waals surface area contributed by atoms with E-state index in [0.29, 0.717) is 5.57 Å². The first-order valence-corrected chi connectivity index (χ1v) is 26.0. The molecule has 0 amide bonds. The van der Waals surface area contributed by atoms with E-state index in [-0.39, 0.29) is 25.0 Å². The smallest absolute Gasteiger partial charge is 0.338 e. The Balaban J connectivity index is 1.91. The summed E-state index contributed by atoms with van der Waals surface area (Å²) >= 11 is 0. The third kappa shape index (κ3) is 7.08. The highest BCUT2D eigenvalue weighted by Gasteiger charge is 2.78. The Hall–Kier alpha value is -2.40. The number of hydrogen-bond acceptors (Lipinski definition) is 11. The van der Waals surface area contributed by atoms with Gasteiger partial charge in [0, 0.05) is 37.5 Å². The lowest BCUT2D eigenvalue weighted by molar-refractivity contribution is -0.363. The van der Waals surface area contributed by atoms with E-state index in [4.69, 9.17) is 27.8 Å². The van der Waals surface area contributed by atoms with Crippen LogP contribution in [0.5, 0.6) is 0 Å². The first kappa shape index (κ1) is 44.7. The average Bonchev–Trinajstić information content (AvgIpc) is 3.16. The van der Waals surface area contributed by atoms with E-state index in [1.807, 2.05) is 27.7 Å². The fourth-order valence-electron chi connectivity index (χ4n) is 11.0. The summed E-state index contributed by atoms with van der Waals surface area (Å²) in [6, 6.07) is 13.6. The van der Waals surface area contributed by atoms with Gasteiger partial charge in [-0.05, 0) is 66.5 Å².